The second-order valence-corrected chi connectivity index (χ2v) is 5.77. The molecule has 1 atom stereocenters. The molecule has 0 saturated carbocycles. The molecule has 0 aromatic heterocycles. The first-order valence-electron chi connectivity index (χ1n) is 7.12. The molecule has 25 heavy (non-hydrogen) atoms. The van der Waals surface area contributed by atoms with Crippen molar-refractivity contribution in [1.82, 2.24) is 10.2 Å². The van der Waals surface area contributed by atoms with Crippen molar-refractivity contribution in [2.24, 2.45) is 0 Å². The smallest absolute Gasteiger partial charge is 0.404 e. The standard InChI is InChI=1S/C14H15ClF6N2O.ClH/c15-10-7-9(1-2-12(10)24-14(19,20)21)11(8-13(16,17)18)23-5-3-22-4-6-23;/h1-2,7,11,22H,3-6,8H2;1H/t11-;/m1./s1. The minimum Gasteiger partial charge on any atom is -0.404 e. The Morgan fingerprint density at radius 2 is 1.72 bits per heavy atom. The number of nitrogens with one attached hydrogen (secondary N) is 1. The van der Waals surface area contributed by atoms with E-state index in [-0.39, 0.29) is 23.0 Å². The van der Waals surface area contributed by atoms with Crippen LogP contribution in [0.3, 0.4) is 0 Å². The summed E-state index contributed by atoms with van der Waals surface area (Å²) in [4.78, 5) is 1.64. The number of rotatable bonds is 4. The van der Waals surface area contributed by atoms with Crippen LogP contribution in [0.1, 0.15) is 18.0 Å². The van der Waals surface area contributed by atoms with Gasteiger partial charge in [-0.05, 0) is 17.7 Å². The Bertz CT molecular complexity index is 561. The number of piperazine rings is 1. The zero-order chi connectivity index (χ0) is 18.0. The van der Waals surface area contributed by atoms with E-state index in [2.05, 4.69) is 10.1 Å². The Labute approximate surface area is 151 Å². The van der Waals surface area contributed by atoms with E-state index >= 15 is 0 Å². The number of hydrogen-bond donors (Lipinski definition) is 1. The van der Waals surface area contributed by atoms with Gasteiger partial charge < -0.3 is 10.1 Å². The average Bonchev–Trinajstić information content (AvgIpc) is 2.46. The Balaban J connectivity index is 0.00000312. The van der Waals surface area contributed by atoms with E-state index in [9.17, 15) is 26.3 Å². The zero-order valence-electron chi connectivity index (χ0n) is 12.8. The molecular formula is C14H16Cl2F6N2O. The second-order valence-electron chi connectivity index (χ2n) is 5.36. The Morgan fingerprint density at radius 3 is 2.20 bits per heavy atom. The lowest BCUT2D eigenvalue weighted by Gasteiger charge is -2.35. The van der Waals surface area contributed by atoms with E-state index in [0.29, 0.717) is 26.2 Å². The summed E-state index contributed by atoms with van der Waals surface area (Å²) in [5.74, 6) is -0.640. The van der Waals surface area contributed by atoms with Crippen molar-refractivity contribution in [2.45, 2.75) is 25.0 Å². The molecule has 1 aliphatic heterocycles. The van der Waals surface area contributed by atoms with Crippen LogP contribution in [-0.4, -0.2) is 43.6 Å². The predicted octanol–water partition coefficient (Wildman–Crippen LogP) is 4.56. The first-order valence-corrected chi connectivity index (χ1v) is 7.50. The van der Waals surface area contributed by atoms with Crippen molar-refractivity contribution >= 4 is 24.0 Å². The van der Waals surface area contributed by atoms with Gasteiger partial charge in [-0.1, -0.05) is 17.7 Å². The van der Waals surface area contributed by atoms with Crippen molar-refractivity contribution in [1.29, 1.82) is 0 Å². The van der Waals surface area contributed by atoms with Crippen molar-refractivity contribution in [3.05, 3.63) is 28.8 Å². The lowest BCUT2D eigenvalue weighted by molar-refractivity contribution is -0.274. The van der Waals surface area contributed by atoms with Crippen LogP contribution >= 0.6 is 24.0 Å². The summed E-state index contributed by atoms with van der Waals surface area (Å²) >= 11 is 5.75. The molecule has 0 unspecified atom stereocenters. The third kappa shape index (κ3) is 7.08. The van der Waals surface area contributed by atoms with E-state index in [1.807, 2.05) is 0 Å². The van der Waals surface area contributed by atoms with Gasteiger partial charge >= 0.3 is 12.5 Å². The number of nitrogens with zero attached hydrogens (tertiary/aromatic N) is 1. The third-order valence-corrected chi connectivity index (χ3v) is 3.88. The number of alkyl halides is 6. The van der Waals surface area contributed by atoms with E-state index in [4.69, 9.17) is 11.6 Å². The summed E-state index contributed by atoms with van der Waals surface area (Å²) in [6.07, 6.45) is -10.4. The number of halogens is 8. The predicted molar refractivity (Wildman–Crippen MR) is 83.2 cm³/mol. The zero-order valence-corrected chi connectivity index (χ0v) is 14.3. The molecule has 1 aliphatic rings. The molecule has 1 aromatic carbocycles. The minimum atomic E-state index is -4.92. The van der Waals surface area contributed by atoms with Gasteiger partial charge in [-0.3, -0.25) is 4.90 Å². The van der Waals surface area contributed by atoms with Crippen LogP contribution in [0, 0.1) is 0 Å². The second kappa shape index (κ2) is 8.66. The van der Waals surface area contributed by atoms with Gasteiger partial charge in [0.25, 0.3) is 0 Å². The molecule has 0 spiro atoms. The maximum atomic E-state index is 12.9. The molecule has 144 valence electrons. The maximum absolute atomic E-state index is 12.9. The van der Waals surface area contributed by atoms with Crippen LogP contribution in [0.15, 0.2) is 18.2 Å². The molecule has 0 bridgehead atoms. The van der Waals surface area contributed by atoms with Gasteiger partial charge in [-0.15, -0.1) is 25.6 Å². The van der Waals surface area contributed by atoms with Crippen LogP contribution < -0.4 is 10.1 Å². The van der Waals surface area contributed by atoms with E-state index in [0.717, 1.165) is 12.1 Å². The highest BCUT2D eigenvalue weighted by molar-refractivity contribution is 6.32. The SMILES string of the molecule is Cl.FC(F)(F)C[C@H](c1ccc(OC(F)(F)F)c(Cl)c1)N1CCNCC1. The van der Waals surface area contributed by atoms with Gasteiger partial charge in [0, 0.05) is 32.2 Å². The summed E-state index contributed by atoms with van der Waals surface area (Å²) in [5.41, 5.74) is 0.203. The highest BCUT2D eigenvalue weighted by atomic mass is 35.5. The minimum absolute atomic E-state index is 0. The Morgan fingerprint density at radius 1 is 1.12 bits per heavy atom. The monoisotopic (exact) mass is 412 g/mol. The molecular weight excluding hydrogens is 397 g/mol. The first kappa shape index (κ1) is 22.1. The number of benzene rings is 1. The maximum Gasteiger partial charge on any atom is 0.573 e. The van der Waals surface area contributed by atoms with Crippen molar-refractivity contribution in [3.63, 3.8) is 0 Å². The van der Waals surface area contributed by atoms with Crippen molar-refractivity contribution < 1.29 is 31.1 Å². The fraction of sp³-hybridized carbons (Fsp3) is 0.571. The fourth-order valence-electron chi connectivity index (χ4n) is 2.60. The molecule has 1 N–H and O–H groups in total. The molecule has 2 rings (SSSR count). The van der Waals surface area contributed by atoms with Crippen LogP contribution in [-0.2, 0) is 0 Å². The fourth-order valence-corrected chi connectivity index (χ4v) is 2.83. The van der Waals surface area contributed by atoms with E-state index in [1.165, 1.54) is 6.07 Å². The summed E-state index contributed by atoms with van der Waals surface area (Å²) in [7, 11) is 0. The van der Waals surface area contributed by atoms with Gasteiger partial charge in [0.1, 0.15) is 5.75 Å². The lowest BCUT2D eigenvalue weighted by Crippen LogP contribution is -2.46. The highest BCUT2D eigenvalue weighted by Gasteiger charge is 2.37. The molecule has 0 radical (unpaired) electrons. The quantitative estimate of drug-likeness (QED) is 0.733. The van der Waals surface area contributed by atoms with Gasteiger partial charge in [-0.2, -0.15) is 13.2 Å². The van der Waals surface area contributed by atoms with Crippen molar-refractivity contribution in [2.75, 3.05) is 26.2 Å². The molecule has 1 heterocycles. The van der Waals surface area contributed by atoms with E-state index in [1.54, 1.807) is 4.90 Å². The normalized spacial score (nSPS) is 17.7. The summed E-state index contributed by atoms with van der Waals surface area (Å²) in [5, 5.41) is 2.65. The van der Waals surface area contributed by atoms with Crippen molar-refractivity contribution in [3.8, 4) is 5.75 Å². The highest BCUT2D eigenvalue weighted by Crippen LogP contribution is 2.38. The first-order chi connectivity index (χ1) is 11.1. The van der Waals surface area contributed by atoms with Gasteiger partial charge in [0.2, 0.25) is 0 Å². The van der Waals surface area contributed by atoms with Crippen LogP contribution in [0.25, 0.3) is 0 Å². The summed E-state index contributed by atoms with van der Waals surface area (Å²) in [6, 6.07) is 2.22. The number of hydrogen-bond acceptors (Lipinski definition) is 3. The lowest BCUT2D eigenvalue weighted by atomic mass is 10.0. The number of ether oxygens (including phenoxy) is 1. The summed E-state index contributed by atoms with van der Waals surface area (Å²) < 4.78 is 79.2. The van der Waals surface area contributed by atoms with Crippen LogP contribution in [0.4, 0.5) is 26.3 Å². The molecule has 1 fully saturated rings. The van der Waals surface area contributed by atoms with E-state index < -0.39 is 30.8 Å². The largest absolute Gasteiger partial charge is 0.573 e. The van der Waals surface area contributed by atoms with Gasteiger partial charge in [-0.25, -0.2) is 0 Å². The molecule has 0 aliphatic carbocycles. The Kier molecular flexibility index (Phi) is 7.67. The molecule has 0 amide bonds. The molecule has 1 saturated heterocycles. The van der Waals surface area contributed by atoms with Gasteiger partial charge in [0.15, 0.2) is 0 Å². The summed E-state index contributed by atoms with van der Waals surface area (Å²) in [6.45, 7) is 1.88. The van der Waals surface area contributed by atoms with Gasteiger partial charge in [0.05, 0.1) is 11.4 Å². The molecule has 3 nitrogen and oxygen atoms in total. The van der Waals surface area contributed by atoms with Crippen LogP contribution in [0.2, 0.25) is 5.02 Å². The Hall–Kier alpha value is -0.900. The molecule has 1 aromatic rings. The molecule has 11 heteroatoms. The van der Waals surface area contributed by atoms with Crippen LogP contribution in [0.5, 0.6) is 5.75 Å². The average molecular weight is 413 g/mol. The topological polar surface area (TPSA) is 24.5 Å². The third-order valence-electron chi connectivity index (χ3n) is 3.58.